The third-order valence-electron chi connectivity index (χ3n) is 4.66. The number of amides is 1. The topological polar surface area (TPSA) is 38.1 Å². The lowest BCUT2D eigenvalue weighted by atomic mass is 10.0. The summed E-state index contributed by atoms with van der Waals surface area (Å²) in [7, 11) is 0. The van der Waals surface area contributed by atoms with Crippen molar-refractivity contribution in [3.63, 3.8) is 0 Å². The van der Waals surface area contributed by atoms with E-state index in [1.807, 2.05) is 6.07 Å². The van der Waals surface area contributed by atoms with Crippen LogP contribution in [-0.2, 0) is 11.3 Å². The van der Waals surface area contributed by atoms with Gasteiger partial charge in [-0.1, -0.05) is 29.8 Å². The Morgan fingerprint density at radius 2 is 2.04 bits per heavy atom. The first-order chi connectivity index (χ1) is 12.5. The number of hydrogen-bond acceptors (Lipinski definition) is 2. The summed E-state index contributed by atoms with van der Waals surface area (Å²) < 4.78 is 27.7. The average Bonchev–Trinajstić information content (AvgIpc) is 2.88. The van der Waals surface area contributed by atoms with Crippen LogP contribution in [0.4, 0.5) is 8.78 Å². The lowest BCUT2D eigenvalue weighted by Crippen LogP contribution is -2.43. The molecule has 1 amide bonds. The van der Waals surface area contributed by atoms with Crippen molar-refractivity contribution in [2.24, 2.45) is 0 Å². The minimum Gasteiger partial charge on any atom is -0.341 e. The fraction of sp³-hybridized carbons (Fsp3) is 0.263. The molecule has 134 valence electrons. The normalized spacial score (nSPS) is 14.1. The summed E-state index contributed by atoms with van der Waals surface area (Å²) in [6.07, 6.45) is 1.81. The Labute approximate surface area is 154 Å². The van der Waals surface area contributed by atoms with Gasteiger partial charge in [0.25, 0.3) is 6.43 Å². The van der Waals surface area contributed by atoms with E-state index in [0.29, 0.717) is 27.2 Å². The van der Waals surface area contributed by atoms with Crippen molar-refractivity contribution in [1.82, 2.24) is 14.5 Å². The van der Waals surface area contributed by atoms with Crippen LogP contribution in [0.1, 0.15) is 18.4 Å². The van der Waals surface area contributed by atoms with Crippen molar-refractivity contribution < 1.29 is 13.6 Å². The summed E-state index contributed by atoms with van der Waals surface area (Å²) in [5.74, 6) is 0.0370. The van der Waals surface area contributed by atoms with Gasteiger partial charge in [0.1, 0.15) is 12.1 Å². The van der Waals surface area contributed by atoms with E-state index in [0.717, 1.165) is 19.5 Å². The average molecular weight is 376 g/mol. The van der Waals surface area contributed by atoms with E-state index >= 15 is 0 Å². The number of hydrogen-bond donors (Lipinski definition) is 0. The minimum atomic E-state index is -2.53. The lowest BCUT2D eigenvalue weighted by Gasteiger charge is -2.31. The van der Waals surface area contributed by atoms with Crippen LogP contribution in [0.3, 0.4) is 0 Å². The van der Waals surface area contributed by atoms with E-state index in [2.05, 4.69) is 4.98 Å². The number of aromatic nitrogens is 2. The zero-order valence-electron chi connectivity index (χ0n) is 13.8. The largest absolute Gasteiger partial charge is 0.341 e. The Morgan fingerprint density at radius 3 is 2.73 bits per heavy atom. The highest BCUT2D eigenvalue weighted by Gasteiger charge is 2.21. The number of halogens is 3. The highest BCUT2D eigenvalue weighted by Crippen LogP contribution is 2.30. The number of benzene rings is 1. The summed E-state index contributed by atoms with van der Waals surface area (Å²) in [5.41, 5.74) is 2.62. The Hall–Kier alpha value is -2.47. The van der Waals surface area contributed by atoms with Crippen molar-refractivity contribution in [3.8, 4) is 11.1 Å². The molecule has 1 saturated heterocycles. The molecule has 1 aromatic carbocycles. The van der Waals surface area contributed by atoms with Gasteiger partial charge in [-0.3, -0.25) is 9.78 Å². The van der Waals surface area contributed by atoms with E-state index in [4.69, 9.17) is 11.6 Å². The molecule has 0 radical (unpaired) electrons. The number of fused-ring (bicyclic) bond motifs is 1. The Balaban J connectivity index is 1.72. The maximum Gasteiger partial charge on any atom is 0.263 e. The molecule has 4 nitrogen and oxygen atoms in total. The molecule has 2 aromatic heterocycles. The van der Waals surface area contributed by atoms with E-state index in [1.54, 1.807) is 34.0 Å². The number of likely N-dealkylation sites (tertiary alicyclic amines) is 1. The number of carbonyl (C=O) groups is 1. The lowest BCUT2D eigenvalue weighted by molar-refractivity contribution is -0.135. The van der Waals surface area contributed by atoms with Gasteiger partial charge in [0.2, 0.25) is 5.91 Å². The Morgan fingerprint density at radius 1 is 1.23 bits per heavy atom. The first-order valence-electron chi connectivity index (χ1n) is 8.33. The molecule has 1 aliphatic heterocycles. The van der Waals surface area contributed by atoms with Gasteiger partial charge in [-0.25, -0.2) is 8.78 Å². The molecule has 0 saturated carbocycles. The molecule has 0 bridgehead atoms. The van der Waals surface area contributed by atoms with Crippen molar-refractivity contribution in [2.45, 2.75) is 19.4 Å². The summed E-state index contributed by atoms with van der Waals surface area (Å²) in [4.78, 5) is 18.4. The monoisotopic (exact) mass is 375 g/mol. The molecular formula is C19H16ClF2N3O. The predicted molar refractivity (Wildman–Crippen MR) is 96.3 cm³/mol. The van der Waals surface area contributed by atoms with E-state index in [9.17, 15) is 13.6 Å². The maximum absolute atomic E-state index is 13.0. The predicted octanol–water partition coefficient (Wildman–Crippen LogP) is 4.53. The summed E-state index contributed by atoms with van der Waals surface area (Å²) in [6.45, 7) is 1.76. The van der Waals surface area contributed by atoms with Crippen LogP contribution in [0, 0.1) is 0 Å². The van der Waals surface area contributed by atoms with E-state index in [1.165, 1.54) is 12.1 Å². The van der Waals surface area contributed by atoms with Crippen molar-refractivity contribution >= 4 is 28.5 Å². The van der Waals surface area contributed by atoms with Crippen molar-refractivity contribution in [2.75, 3.05) is 13.1 Å². The zero-order chi connectivity index (χ0) is 18.3. The van der Waals surface area contributed by atoms with Crippen LogP contribution in [-0.4, -0.2) is 33.4 Å². The second-order valence-electron chi connectivity index (χ2n) is 6.36. The van der Waals surface area contributed by atoms with Gasteiger partial charge < -0.3 is 9.47 Å². The standard InChI is InChI=1S/C19H16ClF2N3O/c20-15-10-25(11-17(26)24-5-2-6-24)16-8-14(9-23-18(15)16)12-3-1-4-13(7-12)19(21)22/h1,3-4,7-10,19H,2,5-6,11H2. The number of nitrogens with zero attached hydrogens (tertiary/aromatic N) is 3. The van der Waals surface area contributed by atoms with Gasteiger partial charge >= 0.3 is 0 Å². The van der Waals surface area contributed by atoms with Gasteiger partial charge in [-0.2, -0.15) is 0 Å². The molecule has 4 rings (SSSR count). The third kappa shape index (κ3) is 3.05. The second-order valence-corrected chi connectivity index (χ2v) is 6.76. The molecule has 1 aliphatic rings. The second kappa shape index (κ2) is 6.68. The van der Waals surface area contributed by atoms with E-state index < -0.39 is 6.43 Å². The Kier molecular flexibility index (Phi) is 4.36. The number of carbonyl (C=O) groups excluding carboxylic acids is 1. The third-order valence-corrected chi connectivity index (χ3v) is 4.94. The highest BCUT2D eigenvalue weighted by atomic mass is 35.5. The zero-order valence-corrected chi connectivity index (χ0v) is 14.6. The minimum absolute atomic E-state index is 0.0370. The molecule has 0 aliphatic carbocycles. The van der Waals surface area contributed by atoms with Gasteiger partial charge in [0.15, 0.2) is 0 Å². The van der Waals surface area contributed by atoms with Gasteiger partial charge in [-0.15, -0.1) is 0 Å². The molecule has 0 N–H and O–H groups in total. The first kappa shape index (κ1) is 17.0. The maximum atomic E-state index is 13.0. The van der Waals surface area contributed by atoms with Gasteiger partial charge in [0, 0.05) is 36.6 Å². The molecule has 0 atom stereocenters. The molecular weight excluding hydrogens is 360 g/mol. The van der Waals surface area contributed by atoms with Crippen LogP contribution in [0.25, 0.3) is 22.2 Å². The molecule has 3 aromatic rings. The summed E-state index contributed by atoms with van der Waals surface area (Å²) in [6, 6.07) is 8.04. The molecule has 26 heavy (non-hydrogen) atoms. The number of alkyl halides is 2. The smallest absolute Gasteiger partial charge is 0.263 e. The quantitative estimate of drug-likeness (QED) is 0.672. The Bertz CT molecular complexity index is 982. The SMILES string of the molecule is O=C(Cn1cc(Cl)c2ncc(-c3cccc(C(F)F)c3)cc21)N1CCC1. The number of rotatable bonds is 4. The van der Waals surface area contributed by atoms with Crippen LogP contribution in [0.2, 0.25) is 5.02 Å². The highest BCUT2D eigenvalue weighted by molar-refractivity contribution is 6.35. The van der Waals surface area contributed by atoms with Gasteiger partial charge in [-0.05, 0) is 24.1 Å². The van der Waals surface area contributed by atoms with Crippen LogP contribution in [0.15, 0.2) is 42.7 Å². The van der Waals surface area contributed by atoms with Crippen LogP contribution in [0.5, 0.6) is 0 Å². The fourth-order valence-corrected chi connectivity index (χ4v) is 3.34. The molecule has 0 unspecified atom stereocenters. The molecule has 3 heterocycles. The number of pyridine rings is 1. The molecule has 7 heteroatoms. The molecule has 1 fully saturated rings. The fourth-order valence-electron chi connectivity index (χ4n) is 3.08. The van der Waals surface area contributed by atoms with Crippen LogP contribution >= 0.6 is 11.6 Å². The first-order valence-corrected chi connectivity index (χ1v) is 8.71. The molecule has 0 spiro atoms. The van der Waals surface area contributed by atoms with Crippen LogP contribution < -0.4 is 0 Å². The van der Waals surface area contributed by atoms with Gasteiger partial charge in [0.05, 0.1) is 10.5 Å². The summed E-state index contributed by atoms with van der Waals surface area (Å²) >= 11 is 6.25. The van der Waals surface area contributed by atoms with Crippen molar-refractivity contribution in [1.29, 1.82) is 0 Å². The van der Waals surface area contributed by atoms with E-state index in [-0.39, 0.29) is 18.0 Å². The van der Waals surface area contributed by atoms with Crippen molar-refractivity contribution in [3.05, 3.63) is 53.3 Å². The summed E-state index contributed by atoms with van der Waals surface area (Å²) in [5, 5.41) is 0.462.